The number of rotatable bonds is 6. The zero-order valence-corrected chi connectivity index (χ0v) is 12.3. The van der Waals surface area contributed by atoms with Crippen LogP contribution in [0.5, 0.6) is 0 Å². The van der Waals surface area contributed by atoms with E-state index in [-0.39, 0.29) is 18.0 Å². The average molecular weight is 304 g/mol. The molecule has 2 aromatic rings. The number of nitrogens with one attached hydrogen (secondary N) is 2. The summed E-state index contributed by atoms with van der Waals surface area (Å²) in [4.78, 5) is 11.7. The van der Waals surface area contributed by atoms with Crippen LogP contribution in [0.4, 0.5) is 14.5 Å². The molecule has 0 heterocycles. The highest BCUT2D eigenvalue weighted by molar-refractivity contribution is 5.90. The highest BCUT2D eigenvalue weighted by Gasteiger charge is 2.07. The molecule has 5 heteroatoms. The molecule has 0 unspecified atom stereocenters. The van der Waals surface area contributed by atoms with E-state index in [1.54, 1.807) is 0 Å². The number of amides is 1. The quantitative estimate of drug-likeness (QED) is 0.803. The van der Waals surface area contributed by atoms with Gasteiger partial charge in [-0.05, 0) is 30.2 Å². The summed E-state index contributed by atoms with van der Waals surface area (Å²) in [5, 5.41) is 5.60. The summed E-state index contributed by atoms with van der Waals surface area (Å²) >= 11 is 0. The maximum atomic E-state index is 13.4. The maximum Gasteiger partial charge on any atom is 0.225 e. The number of halogens is 2. The second-order valence-electron chi connectivity index (χ2n) is 5.03. The number of carbonyl (C=O) groups excluding carboxylic acids is 1. The molecule has 2 rings (SSSR count). The van der Waals surface area contributed by atoms with Crippen LogP contribution < -0.4 is 10.6 Å². The van der Waals surface area contributed by atoms with Gasteiger partial charge >= 0.3 is 0 Å². The Morgan fingerprint density at radius 1 is 1.14 bits per heavy atom. The SMILES string of the molecule is Cc1ccccc1CNCCC(=O)Nc1ccc(F)cc1F. The summed E-state index contributed by atoms with van der Waals surface area (Å²) in [6.45, 7) is 3.18. The van der Waals surface area contributed by atoms with Gasteiger partial charge in [0.2, 0.25) is 5.91 Å². The number of benzene rings is 2. The third-order valence-electron chi connectivity index (χ3n) is 3.31. The normalized spacial score (nSPS) is 10.5. The van der Waals surface area contributed by atoms with Crippen LogP contribution in [0, 0.1) is 18.6 Å². The minimum absolute atomic E-state index is 0.00898. The number of hydrogen-bond acceptors (Lipinski definition) is 2. The number of hydrogen-bond donors (Lipinski definition) is 2. The van der Waals surface area contributed by atoms with Gasteiger partial charge in [-0.15, -0.1) is 0 Å². The molecule has 2 N–H and O–H groups in total. The minimum Gasteiger partial charge on any atom is -0.324 e. The summed E-state index contributed by atoms with van der Waals surface area (Å²) in [5.74, 6) is -1.76. The lowest BCUT2D eigenvalue weighted by Gasteiger charge is -2.09. The molecule has 0 saturated carbocycles. The molecule has 0 aliphatic carbocycles. The van der Waals surface area contributed by atoms with Crippen LogP contribution in [0.1, 0.15) is 17.5 Å². The Morgan fingerprint density at radius 2 is 1.91 bits per heavy atom. The van der Waals surface area contributed by atoms with Gasteiger partial charge in [0.25, 0.3) is 0 Å². The van der Waals surface area contributed by atoms with Gasteiger partial charge in [0.1, 0.15) is 11.6 Å². The first kappa shape index (κ1) is 16.1. The Kier molecular flexibility index (Phi) is 5.61. The van der Waals surface area contributed by atoms with E-state index in [9.17, 15) is 13.6 Å². The van der Waals surface area contributed by atoms with Crippen molar-refractivity contribution in [2.75, 3.05) is 11.9 Å². The monoisotopic (exact) mass is 304 g/mol. The first-order valence-electron chi connectivity index (χ1n) is 7.06. The van der Waals surface area contributed by atoms with Crippen molar-refractivity contribution in [3.63, 3.8) is 0 Å². The molecular formula is C17H18F2N2O. The predicted molar refractivity (Wildman–Crippen MR) is 82.5 cm³/mol. The van der Waals surface area contributed by atoms with Crippen molar-refractivity contribution in [2.24, 2.45) is 0 Å². The van der Waals surface area contributed by atoms with Crippen molar-refractivity contribution in [1.29, 1.82) is 0 Å². The molecule has 3 nitrogen and oxygen atoms in total. The predicted octanol–water partition coefficient (Wildman–Crippen LogP) is 3.39. The molecule has 0 aliphatic heterocycles. The molecule has 0 radical (unpaired) electrons. The molecule has 0 saturated heterocycles. The summed E-state index contributed by atoms with van der Waals surface area (Å²) in [7, 11) is 0. The second-order valence-corrected chi connectivity index (χ2v) is 5.03. The topological polar surface area (TPSA) is 41.1 Å². The largest absolute Gasteiger partial charge is 0.324 e. The molecule has 1 amide bonds. The van der Waals surface area contributed by atoms with Gasteiger partial charge < -0.3 is 10.6 Å². The Bertz CT molecular complexity index is 659. The van der Waals surface area contributed by atoms with E-state index in [2.05, 4.69) is 10.6 Å². The summed E-state index contributed by atoms with van der Waals surface area (Å²) in [5.41, 5.74) is 2.35. The van der Waals surface area contributed by atoms with Crippen LogP contribution in [-0.2, 0) is 11.3 Å². The zero-order chi connectivity index (χ0) is 15.9. The van der Waals surface area contributed by atoms with E-state index in [0.717, 1.165) is 12.1 Å². The maximum absolute atomic E-state index is 13.4. The molecule has 0 bridgehead atoms. The van der Waals surface area contributed by atoms with Crippen molar-refractivity contribution in [3.05, 3.63) is 65.2 Å². The highest BCUT2D eigenvalue weighted by Crippen LogP contribution is 2.15. The van der Waals surface area contributed by atoms with Gasteiger partial charge in [0, 0.05) is 25.6 Å². The lowest BCUT2D eigenvalue weighted by Crippen LogP contribution is -2.22. The lowest BCUT2D eigenvalue weighted by atomic mass is 10.1. The Hall–Kier alpha value is -2.27. The number of carbonyl (C=O) groups is 1. The van der Waals surface area contributed by atoms with E-state index in [0.29, 0.717) is 13.1 Å². The first-order valence-corrected chi connectivity index (χ1v) is 7.06. The molecule has 0 aromatic heterocycles. The highest BCUT2D eigenvalue weighted by atomic mass is 19.1. The van der Waals surface area contributed by atoms with Crippen molar-refractivity contribution < 1.29 is 13.6 Å². The Morgan fingerprint density at radius 3 is 2.64 bits per heavy atom. The van der Waals surface area contributed by atoms with Crippen molar-refractivity contribution in [3.8, 4) is 0 Å². The van der Waals surface area contributed by atoms with E-state index < -0.39 is 11.6 Å². The molecule has 0 spiro atoms. The van der Waals surface area contributed by atoms with Gasteiger partial charge in [0.15, 0.2) is 0 Å². The van der Waals surface area contributed by atoms with E-state index >= 15 is 0 Å². The first-order chi connectivity index (χ1) is 10.6. The van der Waals surface area contributed by atoms with Crippen molar-refractivity contribution in [1.82, 2.24) is 5.32 Å². The van der Waals surface area contributed by atoms with Gasteiger partial charge in [-0.3, -0.25) is 4.79 Å². The number of anilines is 1. The molecule has 0 fully saturated rings. The summed E-state index contributed by atoms with van der Waals surface area (Å²) < 4.78 is 26.2. The van der Waals surface area contributed by atoms with Gasteiger partial charge in [-0.25, -0.2) is 8.78 Å². The van der Waals surface area contributed by atoms with E-state index in [4.69, 9.17) is 0 Å². The third kappa shape index (κ3) is 4.63. The van der Waals surface area contributed by atoms with E-state index in [1.165, 1.54) is 17.2 Å². The molecule has 22 heavy (non-hydrogen) atoms. The van der Waals surface area contributed by atoms with Crippen LogP contribution in [-0.4, -0.2) is 12.5 Å². The summed E-state index contributed by atoms with van der Waals surface area (Å²) in [6.07, 6.45) is 0.211. The van der Waals surface area contributed by atoms with Crippen molar-refractivity contribution in [2.45, 2.75) is 19.9 Å². The third-order valence-corrected chi connectivity index (χ3v) is 3.31. The van der Waals surface area contributed by atoms with Crippen LogP contribution in [0.3, 0.4) is 0 Å². The number of aryl methyl sites for hydroxylation is 1. The second kappa shape index (κ2) is 7.66. The molecule has 0 atom stereocenters. The fraction of sp³-hybridized carbons (Fsp3) is 0.235. The Balaban J connectivity index is 1.75. The summed E-state index contributed by atoms with van der Waals surface area (Å²) in [6, 6.07) is 11.1. The van der Waals surface area contributed by atoms with Gasteiger partial charge in [-0.1, -0.05) is 24.3 Å². The van der Waals surface area contributed by atoms with Crippen LogP contribution >= 0.6 is 0 Å². The standard InChI is InChI=1S/C17H18F2N2O/c1-12-4-2-3-5-13(12)11-20-9-8-17(22)21-16-7-6-14(18)10-15(16)19/h2-7,10,20H,8-9,11H2,1H3,(H,21,22). The smallest absolute Gasteiger partial charge is 0.225 e. The van der Waals surface area contributed by atoms with E-state index in [1.807, 2.05) is 31.2 Å². The van der Waals surface area contributed by atoms with Crippen molar-refractivity contribution >= 4 is 11.6 Å². The molecule has 2 aromatic carbocycles. The molecule has 116 valence electrons. The van der Waals surface area contributed by atoms with Crippen LogP contribution in [0.15, 0.2) is 42.5 Å². The molecular weight excluding hydrogens is 286 g/mol. The average Bonchev–Trinajstić information content (AvgIpc) is 2.48. The van der Waals surface area contributed by atoms with Gasteiger partial charge in [0.05, 0.1) is 5.69 Å². The molecule has 0 aliphatic rings. The Labute approximate surface area is 128 Å². The lowest BCUT2D eigenvalue weighted by molar-refractivity contribution is -0.116. The van der Waals surface area contributed by atoms with Crippen LogP contribution in [0.25, 0.3) is 0 Å². The minimum atomic E-state index is -0.777. The fourth-order valence-corrected chi connectivity index (χ4v) is 2.04. The zero-order valence-electron chi connectivity index (χ0n) is 12.3. The fourth-order valence-electron chi connectivity index (χ4n) is 2.04. The van der Waals surface area contributed by atoms with Gasteiger partial charge in [-0.2, -0.15) is 0 Å². The van der Waals surface area contributed by atoms with Crippen LogP contribution in [0.2, 0.25) is 0 Å².